The van der Waals surface area contributed by atoms with Crippen molar-refractivity contribution in [1.82, 2.24) is 20.2 Å². The van der Waals surface area contributed by atoms with Gasteiger partial charge in [-0.05, 0) is 59.0 Å². The summed E-state index contributed by atoms with van der Waals surface area (Å²) >= 11 is 1.32. The van der Waals surface area contributed by atoms with Crippen molar-refractivity contribution < 1.29 is 4.79 Å². The van der Waals surface area contributed by atoms with Gasteiger partial charge in [-0.25, -0.2) is 0 Å². The van der Waals surface area contributed by atoms with Gasteiger partial charge >= 0.3 is 0 Å². The molecule has 2 aromatic carbocycles. The molecule has 0 saturated heterocycles. The maximum absolute atomic E-state index is 12.3. The lowest BCUT2D eigenvalue weighted by atomic mass is 9.84. The number of benzene rings is 2. The summed E-state index contributed by atoms with van der Waals surface area (Å²) in [5.74, 6) is 0.848. The molecule has 0 unspecified atom stereocenters. The van der Waals surface area contributed by atoms with Crippen LogP contribution in [-0.4, -0.2) is 31.9 Å². The average Bonchev–Trinajstić information content (AvgIpc) is 3.23. The van der Waals surface area contributed by atoms with Gasteiger partial charge in [0.1, 0.15) is 0 Å². The van der Waals surface area contributed by atoms with Crippen LogP contribution in [0.4, 0.5) is 5.69 Å². The molecular formula is C21H23N5OS. The number of carbonyl (C=O) groups is 1. The van der Waals surface area contributed by atoms with Gasteiger partial charge in [0.2, 0.25) is 11.1 Å². The van der Waals surface area contributed by atoms with E-state index in [2.05, 4.69) is 33.0 Å². The molecule has 1 aliphatic rings. The fourth-order valence-corrected chi connectivity index (χ4v) is 4.29. The highest BCUT2D eigenvalue weighted by Gasteiger charge is 2.15. The first-order chi connectivity index (χ1) is 13.8. The van der Waals surface area contributed by atoms with E-state index in [-0.39, 0.29) is 11.7 Å². The third kappa shape index (κ3) is 4.59. The lowest BCUT2D eigenvalue weighted by Gasteiger charge is -2.22. The number of carbonyl (C=O) groups excluding carboxylic acids is 1. The molecule has 7 heteroatoms. The number of aromatic nitrogens is 4. The molecule has 144 valence electrons. The molecule has 0 radical (unpaired) electrons. The number of hydrogen-bond donors (Lipinski definition) is 1. The van der Waals surface area contributed by atoms with Gasteiger partial charge in [-0.3, -0.25) is 4.79 Å². The van der Waals surface area contributed by atoms with Crippen LogP contribution in [0.15, 0.2) is 59.8 Å². The lowest BCUT2D eigenvalue weighted by Crippen LogP contribution is -2.14. The maximum Gasteiger partial charge on any atom is 0.234 e. The molecule has 1 saturated carbocycles. The summed E-state index contributed by atoms with van der Waals surface area (Å²) in [6, 6.07) is 17.9. The van der Waals surface area contributed by atoms with Gasteiger partial charge in [0, 0.05) is 5.69 Å². The number of tetrazole rings is 1. The zero-order valence-corrected chi connectivity index (χ0v) is 16.4. The number of para-hydroxylation sites is 1. The van der Waals surface area contributed by atoms with Gasteiger partial charge in [-0.1, -0.05) is 61.4 Å². The summed E-state index contributed by atoms with van der Waals surface area (Å²) in [6.45, 7) is 0. The normalized spacial score (nSPS) is 14.7. The fourth-order valence-electron chi connectivity index (χ4n) is 3.60. The second kappa shape index (κ2) is 9.01. The summed E-state index contributed by atoms with van der Waals surface area (Å²) in [7, 11) is 0. The van der Waals surface area contributed by atoms with Crippen molar-refractivity contribution in [2.75, 3.05) is 11.1 Å². The van der Waals surface area contributed by atoms with E-state index in [1.54, 1.807) is 4.68 Å². The molecule has 1 fully saturated rings. The van der Waals surface area contributed by atoms with Crippen LogP contribution in [0.2, 0.25) is 0 Å². The summed E-state index contributed by atoms with van der Waals surface area (Å²) < 4.78 is 1.64. The van der Waals surface area contributed by atoms with E-state index in [0.29, 0.717) is 11.1 Å². The Kier molecular flexibility index (Phi) is 6.01. The number of hydrogen-bond acceptors (Lipinski definition) is 5. The van der Waals surface area contributed by atoms with Gasteiger partial charge in [0.05, 0.1) is 11.4 Å². The van der Waals surface area contributed by atoms with Crippen LogP contribution in [-0.2, 0) is 4.79 Å². The van der Waals surface area contributed by atoms with E-state index in [1.165, 1.54) is 49.4 Å². The van der Waals surface area contributed by atoms with Crippen molar-refractivity contribution in [3.05, 3.63) is 60.2 Å². The van der Waals surface area contributed by atoms with Gasteiger partial charge in [0.25, 0.3) is 0 Å². The van der Waals surface area contributed by atoms with Crippen LogP contribution in [0.3, 0.4) is 0 Å². The number of rotatable bonds is 6. The maximum atomic E-state index is 12.3. The molecular weight excluding hydrogens is 370 g/mol. The summed E-state index contributed by atoms with van der Waals surface area (Å²) in [5, 5.41) is 15.3. The zero-order chi connectivity index (χ0) is 19.2. The number of nitrogens with one attached hydrogen (secondary N) is 1. The van der Waals surface area contributed by atoms with Crippen molar-refractivity contribution in [1.29, 1.82) is 0 Å². The smallest absolute Gasteiger partial charge is 0.234 e. The monoisotopic (exact) mass is 393 g/mol. The van der Waals surface area contributed by atoms with Gasteiger partial charge in [-0.15, -0.1) is 5.10 Å². The third-order valence-electron chi connectivity index (χ3n) is 5.05. The van der Waals surface area contributed by atoms with Crippen LogP contribution in [0.25, 0.3) is 5.69 Å². The Morgan fingerprint density at radius 1 is 1.04 bits per heavy atom. The zero-order valence-electron chi connectivity index (χ0n) is 15.6. The largest absolute Gasteiger partial charge is 0.325 e. The minimum atomic E-state index is -0.0713. The van der Waals surface area contributed by atoms with E-state index < -0.39 is 0 Å². The highest BCUT2D eigenvalue weighted by Crippen LogP contribution is 2.33. The molecule has 1 N–H and O–H groups in total. The quantitative estimate of drug-likeness (QED) is 0.627. The Labute approximate surface area is 168 Å². The number of anilines is 1. The second-order valence-corrected chi connectivity index (χ2v) is 7.95. The van der Waals surface area contributed by atoms with Crippen LogP contribution in [0.1, 0.15) is 43.6 Å². The van der Waals surface area contributed by atoms with Gasteiger partial charge < -0.3 is 5.32 Å². The van der Waals surface area contributed by atoms with Crippen molar-refractivity contribution in [3.63, 3.8) is 0 Å². The first-order valence-electron chi connectivity index (χ1n) is 9.66. The van der Waals surface area contributed by atoms with Gasteiger partial charge in [0.15, 0.2) is 0 Å². The third-order valence-corrected chi connectivity index (χ3v) is 5.96. The molecule has 1 heterocycles. The second-order valence-electron chi connectivity index (χ2n) is 7.00. The molecule has 4 rings (SSSR count). The molecule has 1 aliphatic carbocycles. The Balaban J connectivity index is 1.32. The topological polar surface area (TPSA) is 72.7 Å². The Hall–Kier alpha value is -2.67. The SMILES string of the molecule is O=C(CSc1nnnn1-c1ccccc1)Nc1ccc(C2CCCCC2)cc1. The van der Waals surface area contributed by atoms with Crippen LogP contribution in [0, 0.1) is 0 Å². The summed E-state index contributed by atoms with van der Waals surface area (Å²) in [4.78, 5) is 12.3. The molecule has 3 aromatic rings. The van der Waals surface area contributed by atoms with E-state index in [1.807, 2.05) is 42.5 Å². The Morgan fingerprint density at radius 2 is 1.79 bits per heavy atom. The first-order valence-corrected chi connectivity index (χ1v) is 10.6. The van der Waals surface area contributed by atoms with E-state index in [9.17, 15) is 4.79 Å². The molecule has 0 atom stereocenters. The van der Waals surface area contributed by atoms with Crippen LogP contribution < -0.4 is 5.32 Å². The number of nitrogens with zero attached hydrogens (tertiary/aromatic N) is 4. The minimum Gasteiger partial charge on any atom is -0.325 e. The first kappa shape index (κ1) is 18.7. The number of amides is 1. The van der Waals surface area contributed by atoms with E-state index in [4.69, 9.17) is 0 Å². The molecule has 6 nitrogen and oxygen atoms in total. The van der Waals surface area contributed by atoms with Crippen molar-refractivity contribution in [2.24, 2.45) is 0 Å². The van der Waals surface area contributed by atoms with Crippen LogP contribution in [0.5, 0.6) is 0 Å². The van der Waals surface area contributed by atoms with Gasteiger partial charge in [-0.2, -0.15) is 4.68 Å². The lowest BCUT2D eigenvalue weighted by molar-refractivity contribution is -0.113. The Morgan fingerprint density at radius 3 is 2.54 bits per heavy atom. The average molecular weight is 394 g/mol. The predicted molar refractivity (Wildman–Crippen MR) is 111 cm³/mol. The minimum absolute atomic E-state index is 0.0713. The molecule has 1 amide bonds. The number of thioether (sulfide) groups is 1. The Bertz CT molecular complexity index is 904. The predicted octanol–water partition coefficient (Wildman–Crippen LogP) is 4.44. The van der Waals surface area contributed by atoms with Crippen molar-refractivity contribution >= 4 is 23.4 Å². The van der Waals surface area contributed by atoms with Crippen molar-refractivity contribution in [3.8, 4) is 5.69 Å². The van der Waals surface area contributed by atoms with E-state index in [0.717, 1.165) is 11.4 Å². The van der Waals surface area contributed by atoms with Crippen molar-refractivity contribution in [2.45, 2.75) is 43.2 Å². The molecule has 0 bridgehead atoms. The standard InChI is InChI=1S/C21H23N5OS/c27-20(15-28-21-23-24-25-26(21)19-9-5-2-6-10-19)22-18-13-11-17(12-14-18)16-7-3-1-4-8-16/h2,5-6,9-14,16H,1,3-4,7-8,15H2,(H,22,27). The fraction of sp³-hybridized carbons (Fsp3) is 0.333. The highest BCUT2D eigenvalue weighted by molar-refractivity contribution is 7.99. The molecule has 28 heavy (non-hydrogen) atoms. The molecule has 0 aliphatic heterocycles. The highest BCUT2D eigenvalue weighted by atomic mass is 32.2. The summed E-state index contributed by atoms with van der Waals surface area (Å²) in [5.41, 5.74) is 3.08. The molecule has 0 spiro atoms. The summed E-state index contributed by atoms with van der Waals surface area (Å²) in [6.07, 6.45) is 6.55. The van der Waals surface area contributed by atoms with E-state index >= 15 is 0 Å². The molecule has 1 aromatic heterocycles. The van der Waals surface area contributed by atoms with Crippen LogP contribution >= 0.6 is 11.8 Å².